The lowest BCUT2D eigenvalue weighted by Gasteiger charge is -1.34. The summed E-state index contributed by atoms with van der Waals surface area (Å²) in [6.07, 6.45) is 0. The van der Waals surface area contributed by atoms with Crippen molar-refractivity contribution in [3.63, 3.8) is 0 Å². The van der Waals surface area contributed by atoms with Crippen LogP contribution in [0.15, 0.2) is 0 Å². The maximum Gasteiger partial charge on any atom is 0.290 e. The Morgan fingerprint density at radius 3 is 1.14 bits per heavy atom. The van der Waals surface area contributed by atoms with Crippen LogP contribution >= 0.6 is 0 Å². The van der Waals surface area contributed by atoms with E-state index in [1.54, 1.807) is 0 Å². The van der Waals surface area contributed by atoms with E-state index in [4.69, 9.17) is 9.90 Å². The normalized spacial score (nSPS) is 3.43. The minimum Gasteiger partial charge on any atom is -0.483 e. The molecule has 0 spiro atoms. The van der Waals surface area contributed by atoms with Crippen molar-refractivity contribution in [3.05, 3.63) is 0 Å². The predicted octanol–water partition coefficient (Wildman–Crippen LogP) is -2.66. The lowest BCUT2D eigenvalue weighted by atomic mass is 11.7. The summed E-state index contributed by atoms with van der Waals surface area (Å²) in [7, 11) is 0. The van der Waals surface area contributed by atoms with Gasteiger partial charge in [0.05, 0.1) is 0 Å². The molecule has 0 aromatic rings. The van der Waals surface area contributed by atoms with Crippen molar-refractivity contribution < 1.29 is 9.90 Å². The van der Waals surface area contributed by atoms with Gasteiger partial charge >= 0.3 is 0 Å². The van der Waals surface area contributed by atoms with Gasteiger partial charge in [-0.05, 0) is 0 Å². The van der Waals surface area contributed by atoms with Crippen LogP contribution in [0, 0.1) is 0 Å². The number of hydrazine groups is 2. The highest BCUT2D eigenvalue weighted by molar-refractivity contribution is 5.32. The molecular weight excluding hydrogens is 100 g/mol. The number of carboxylic acid groups (broad SMARTS) is 1. The topological polar surface area (TPSA) is 141 Å². The highest BCUT2D eigenvalue weighted by atomic mass is 16.3. The molecule has 46 valence electrons. The average Bonchev–Trinajstić information content (AvgIpc) is 1.78. The van der Waals surface area contributed by atoms with Gasteiger partial charge < -0.3 is 5.11 Å². The quantitative estimate of drug-likeness (QED) is 0.131. The second kappa shape index (κ2) is 1030. The molecule has 0 aliphatic heterocycles. The van der Waals surface area contributed by atoms with Crippen LogP contribution in [0.5, 0.6) is 0 Å². The third-order valence-electron chi connectivity index (χ3n) is 0. The first kappa shape index (κ1) is 16.2. The van der Waals surface area contributed by atoms with Gasteiger partial charge in [0.1, 0.15) is 0 Å². The van der Waals surface area contributed by atoms with Crippen molar-refractivity contribution in [2.75, 3.05) is 0 Å². The van der Waals surface area contributed by atoms with Crippen molar-refractivity contribution in [1.82, 2.24) is 0 Å². The summed E-state index contributed by atoms with van der Waals surface area (Å²) in [6.45, 7) is -0.250. The minimum atomic E-state index is -0.250. The van der Waals surface area contributed by atoms with Crippen LogP contribution in [0.3, 0.4) is 0 Å². The summed E-state index contributed by atoms with van der Waals surface area (Å²) in [5.74, 6) is 16.0. The van der Waals surface area contributed by atoms with E-state index in [1.165, 1.54) is 0 Å². The molecule has 6 heteroatoms. The van der Waals surface area contributed by atoms with Crippen LogP contribution in [0.4, 0.5) is 0 Å². The lowest BCUT2D eigenvalue weighted by molar-refractivity contribution is -0.122. The number of hydrogen-bond donors (Lipinski definition) is 5. The van der Waals surface area contributed by atoms with E-state index in [1.807, 2.05) is 0 Å². The Hall–Kier alpha value is -0.690. The SMILES string of the molecule is NN.NN.O=CO. The van der Waals surface area contributed by atoms with Crippen molar-refractivity contribution >= 4 is 6.47 Å². The molecule has 0 saturated carbocycles. The molecule has 6 nitrogen and oxygen atoms in total. The Bertz CT molecular complexity index is 17.2. The second-order valence-corrected chi connectivity index (χ2v) is 0.105. The van der Waals surface area contributed by atoms with Crippen LogP contribution in [0.1, 0.15) is 0 Å². The summed E-state index contributed by atoms with van der Waals surface area (Å²) in [6, 6.07) is 0. The van der Waals surface area contributed by atoms with Gasteiger partial charge in [0.2, 0.25) is 0 Å². The van der Waals surface area contributed by atoms with Gasteiger partial charge in [0.25, 0.3) is 6.47 Å². The number of carbonyl (C=O) groups is 1. The highest BCUT2D eigenvalue weighted by Gasteiger charge is 1.22. The van der Waals surface area contributed by atoms with E-state index in [2.05, 4.69) is 23.4 Å². The maximum atomic E-state index is 8.36. The number of nitrogens with two attached hydrogens (primary N) is 4. The molecule has 0 radical (unpaired) electrons. The van der Waals surface area contributed by atoms with E-state index in [0.717, 1.165) is 0 Å². The zero-order valence-corrected chi connectivity index (χ0v) is 3.74. The van der Waals surface area contributed by atoms with Crippen molar-refractivity contribution in [2.24, 2.45) is 23.4 Å². The highest BCUT2D eigenvalue weighted by Crippen LogP contribution is 0.966. The van der Waals surface area contributed by atoms with Crippen LogP contribution in [0.25, 0.3) is 0 Å². The number of hydrogen-bond acceptors (Lipinski definition) is 5. The Balaban J connectivity index is -0.0000000360. The molecule has 0 heterocycles. The molecular formula is CH10N4O2. The largest absolute Gasteiger partial charge is 0.483 e. The van der Waals surface area contributed by atoms with Crippen molar-refractivity contribution in [2.45, 2.75) is 0 Å². The lowest BCUT2D eigenvalue weighted by Crippen LogP contribution is -2.02. The van der Waals surface area contributed by atoms with Crippen LogP contribution < -0.4 is 23.4 Å². The summed E-state index contributed by atoms with van der Waals surface area (Å²) < 4.78 is 0. The van der Waals surface area contributed by atoms with Crippen LogP contribution in [0.2, 0.25) is 0 Å². The molecule has 0 aliphatic carbocycles. The zero-order valence-electron chi connectivity index (χ0n) is 3.74. The van der Waals surface area contributed by atoms with Crippen molar-refractivity contribution in [1.29, 1.82) is 0 Å². The van der Waals surface area contributed by atoms with Gasteiger partial charge in [-0.2, -0.15) is 0 Å². The fourth-order valence-corrected chi connectivity index (χ4v) is 0. The molecule has 0 bridgehead atoms. The zero-order chi connectivity index (χ0) is 6.71. The molecule has 7 heavy (non-hydrogen) atoms. The summed E-state index contributed by atoms with van der Waals surface area (Å²) in [5.41, 5.74) is 0. The summed E-state index contributed by atoms with van der Waals surface area (Å²) in [5, 5.41) is 6.89. The summed E-state index contributed by atoms with van der Waals surface area (Å²) in [4.78, 5) is 8.36. The number of rotatable bonds is 0. The predicted molar refractivity (Wildman–Crippen MR) is 25.4 cm³/mol. The van der Waals surface area contributed by atoms with Crippen LogP contribution in [-0.2, 0) is 4.79 Å². The van der Waals surface area contributed by atoms with E-state index in [-0.39, 0.29) is 6.47 Å². The molecule has 0 fully saturated rings. The third-order valence-corrected chi connectivity index (χ3v) is 0. The first-order valence-electron chi connectivity index (χ1n) is 1.16. The van der Waals surface area contributed by atoms with E-state index >= 15 is 0 Å². The van der Waals surface area contributed by atoms with Gasteiger partial charge in [0.15, 0.2) is 0 Å². The second-order valence-electron chi connectivity index (χ2n) is 0.105. The fraction of sp³-hybridized carbons (Fsp3) is 0. The molecule has 0 aromatic heterocycles. The molecule has 9 N–H and O–H groups in total. The van der Waals surface area contributed by atoms with Crippen LogP contribution in [-0.4, -0.2) is 11.6 Å². The fourth-order valence-electron chi connectivity index (χ4n) is 0. The van der Waals surface area contributed by atoms with Gasteiger partial charge in [-0.15, -0.1) is 0 Å². The summed E-state index contributed by atoms with van der Waals surface area (Å²) >= 11 is 0. The first-order valence-corrected chi connectivity index (χ1v) is 1.16. The molecule has 0 aromatic carbocycles. The van der Waals surface area contributed by atoms with Gasteiger partial charge in [-0.25, -0.2) is 0 Å². The molecule has 0 unspecified atom stereocenters. The molecule has 0 rings (SSSR count). The van der Waals surface area contributed by atoms with Gasteiger partial charge in [0, 0.05) is 0 Å². The Labute approximate surface area is 41.0 Å². The molecule has 0 aliphatic rings. The average molecular weight is 110 g/mol. The molecule has 0 atom stereocenters. The van der Waals surface area contributed by atoms with E-state index in [9.17, 15) is 0 Å². The minimum absolute atomic E-state index is 0.250. The standard InChI is InChI=1S/CH2O2.2H4N2/c2-1-3;2*1-2/h1H,(H,2,3);2*1-2H2. The van der Waals surface area contributed by atoms with E-state index < -0.39 is 0 Å². The first-order chi connectivity index (χ1) is 3.41. The molecule has 0 amide bonds. The maximum absolute atomic E-state index is 8.36. The Morgan fingerprint density at radius 1 is 1.14 bits per heavy atom. The van der Waals surface area contributed by atoms with Gasteiger partial charge in [-0.3, -0.25) is 28.2 Å². The monoisotopic (exact) mass is 110 g/mol. The Kier molecular flexibility index (Phi) is 2380. The smallest absolute Gasteiger partial charge is 0.290 e. The van der Waals surface area contributed by atoms with E-state index in [0.29, 0.717) is 0 Å². The van der Waals surface area contributed by atoms with Crippen molar-refractivity contribution in [3.8, 4) is 0 Å². The molecule has 0 saturated heterocycles. The third kappa shape index (κ3) is 122. The Morgan fingerprint density at radius 2 is 1.14 bits per heavy atom. The van der Waals surface area contributed by atoms with Gasteiger partial charge in [-0.1, -0.05) is 0 Å².